The third-order valence-electron chi connectivity index (χ3n) is 6.11. The summed E-state index contributed by atoms with van der Waals surface area (Å²) in [6.07, 6.45) is 6.44. The number of carbonyl (C=O) groups excluding carboxylic acids is 2. The van der Waals surface area contributed by atoms with Crippen molar-refractivity contribution in [3.63, 3.8) is 0 Å². The number of likely N-dealkylation sites (tertiary alicyclic amines) is 1. The lowest BCUT2D eigenvalue weighted by atomic mass is 9.96. The Balaban J connectivity index is 0.00000210. The van der Waals surface area contributed by atoms with Gasteiger partial charge in [0, 0.05) is 30.6 Å². The summed E-state index contributed by atoms with van der Waals surface area (Å²) < 4.78 is 0. The number of anilines is 1. The number of nitrogens with zero attached hydrogens (tertiary/aromatic N) is 1. The minimum Gasteiger partial charge on any atom is -0.369 e. The second kappa shape index (κ2) is 12.4. The highest BCUT2D eigenvalue weighted by Gasteiger charge is 2.26. The van der Waals surface area contributed by atoms with Crippen LogP contribution in [-0.2, 0) is 16.0 Å². The van der Waals surface area contributed by atoms with Crippen molar-refractivity contribution in [2.75, 3.05) is 25.0 Å². The van der Waals surface area contributed by atoms with Gasteiger partial charge in [-0.2, -0.15) is 0 Å². The first-order valence-electron chi connectivity index (χ1n) is 10.2. The molecule has 1 aliphatic carbocycles. The molecule has 2 fully saturated rings. The number of hydrogen-bond acceptors (Lipinski definition) is 4. The molecule has 1 saturated heterocycles. The van der Waals surface area contributed by atoms with E-state index in [9.17, 15) is 9.59 Å². The van der Waals surface area contributed by atoms with Crippen LogP contribution in [0.4, 0.5) is 5.69 Å². The van der Waals surface area contributed by atoms with Crippen LogP contribution in [0.25, 0.3) is 0 Å². The molecular formula is C21H34Cl2N4O2. The Bertz CT molecular complexity index is 649. The molecule has 0 unspecified atom stereocenters. The minimum absolute atomic E-state index is 0. The van der Waals surface area contributed by atoms with Crippen molar-refractivity contribution in [3.8, 4) is 0 Å². The lowest BCUT2D eigenvalue weighted by Crippen LogP contribution is -2.39. The summed E-state index contributed by atoms with van der Waals surface area (Å²) in [5.74, 6) is 0.260. The van der Waals surface area contributed by atoms with Gasteiger partial charge in [-0.05, 0) is 68.8 Å². The molecule has 164 valence electrons. The van der Waals surface area contributed by atoms with E-state index in [4.69, 9.17) is 11.5 Å². The number of piperidine rings is 1. The predicted octanol–water partition coefficient (Wildman–Crippen LogP) is 2.73. The van der Waals surface area contributed by atoms with E-state index in [2.05, 4.69) is 22.3 Å². The monoisotopic (exact) mass is 444 g/mol. The Morgan fingerprint density at radius 2 is 1.69 bits per heavy atom. The lowest BCUT2D eigenvalue weighted by Gasteiger charge is -2.30. The zero-order valence-electron chi connectivity index (χ0n) is 16.8. The van der Waals surface area contributed by atoms with Crippen molar-refractivity contribution in [2.24, 2.45) is 23.3 Å². The zero-order chi connectivity index (χ0) is 19.2. The first-order valence-corrected chi connectivity index (χ1v) is 10.2. The van der Waals surface area contributed by atoms with Crippen LogP contribution in [0.2, 0.25) is 0 Å². The van der Waals surface area contributed by atoms with E-state index in [1.807, 2.05) is 12.1 Å². The Hall–Kier alpha value is -1.34. The van der Waals surface area contributed by atoms with Crippen LogP contribution < -0.4 is 16.8 Å². The van der Waals surface area contributed by atoms with Gasteiger partial charge >= 0.3 is 0 Å². The Labute approximate surface area is 186 Å². The molecule has 6 nitrogen and oxygen atoms in total. The fourth-order valence-electron chi connectivity index (χ4n) is 4.25. The van der Waals surface area contributed by atoms with E-state index in [1.54, 1.807) is 0 Å². The van der Waals surface area contributed by atoms with Crippen LogP contribution >= 0.6 is 24.8 Å². The predicted molar refractivity (Wildman–Crippen MR) is 122 cm³/mol. The maximum Gasteiger partial charge on any atom is 0.224 e. The molecule has 1 aromatic carbocycles. The Morgan fingerprint density at radius 3 is 2.24 bits per heavy atom. The van der Waals surface area contributed by atoms with Gasteiger partial charge in [0.15, 0.2) is 0 Å². The maximum atomic E-state index is 12.2. The molecule has 3 rings (SSSR count). The van der Waals surface area contributed by atoms with Gasteiger partial charge in [0.05, 0.1) is 0 Å². The van der Waals surface area contributed by atoms with E-state index in [-0.39, 0.29) is 48.6 Å². The van der Waals surface area contributed by atoms with Crippen molar-refractivity contribution in [1.82, 2.24) is 4.90 Å². The second-order valence-electron chi connectivity index (χ2n) is 8.07. The van der Waals surface area contributed by atoms with Crippen LogP contribution in [0, 0.1) is 11.8 Å². The van der Waals surface area contributed by atoms with Gasteiger partial charge in [0.25, 0.3) is 0 Å². The number of nitrogens with one attached hydrogen (secondary N) is 1. The number of primary amides is 1. The summed E-state index contributed by atoms with van der Waals surface area (Å²) in [5, 5.41) is 2.99. The largest absolute Gasteiger partial charge is 0.369 e. The fourth-order valence-corrected chi connectivity index (χ4v) is 4.25. The van der Waals surface area contributed by atoms with Gasteiger partial charge in [-0.25, -0.2) is 0 Å². The second-order valence-corrected chi connectivity index (χ2v) is 8.07. The van der Waals surface area contributed by atoms with Crippen molar-refractivity contribution in [1.29, 1.82) is 0 Å². The molecule has 2 atom stereocenters. The number of nitrogens with two attached hydrogens (primary N) is 2. The minimum atomic E-state index is -0.165. The fraction of sp³-hybridized carbons (Fsp3) is 0.619. The third-order valence-corrected chi connectivity index (χ3v) is 6.11. The molecule has 0 radical (unpaired) electrons. The van der Waals surface area contributed by atoms with Gasteiger partial charge in [-0.3, -0.25) is 9.59 Å². The molecule has 1 saturated carbocycles. The number of amides is 2. The summed E-state index contributed by atoms with van der Waals surface area (Å²) in [4.78, 5) is 25.8. The summed E-state index contributed by atoms with van der Waals surface area (Å²) in [6.45, 7) is 2.85. The average Bonchev–Trinajstić information content (AvgIpc) is 3.06. The standard InChI is InChI=1S/C21H32N4O2.2ClH/c22-19-3-1-2-17(19)14-20(26)24-18-6-4-15(5-7-18)8-11-25-12-9-16(10-13-25)21(23)27;;/h4-7,16-17,19H,1-3,8-14,22H2,(H2,23,27)(H,24,26);2*1H/t17-,19+;;/m0../s1. The van der Waals surface area contributed by atoms with Gasteiger partial charge in [-0.15, -0.1) is 24.8 Å². The lowest BCUT2D eigenvalue weighted by molar-refractivity contribution is -0.123. The first kappa shape index (κ1) is 25.7. The van der Waals surface area contributed by atoms with Crippen LogP contribution in [0.15, 0.2) is 24.3 Å². The molecule has 0 spiro atoms. The highest BCUT2D eigenvalue weighted by atomic mass is 35.5. The topological polar surface area (TPSA) is 101 Å². The number of rotatable bonds is 7. The van der Waals surface area contributed by atoms with E-state index < -0.39 is 0 Å². The Kier molecular flexibility index (Phi) is 11.0. The summed E-state index contributed by atoms with van der Waals surface area (Å²) >= 11 is 0. The molecule has 2 amide bonds. The molecule has 1 aliphatic heterocycles. The van der Waals surface area contributed by atoms with Crippen molar-refractivity contribution in [2.45, 2.75) is 51.0 Å². The van der Waals surface area contributed by atoms with E-state index in [0.29, 0.717) is 12.3 Å². The SMILES string of the molecule is Cl.Cl.NC(=O)C1CCN(CCc2ccc(NC(=O)C[C@@H]3CCC[C@H]3N)cc2)CC1. The molecule has 29 heavy (non-hydrogen) atoms. The van der Waals surface area contributed by atoms with Crippen LogP contribution in [-0.4, -0.2) is 42.4 Å². The van der Waals surface area contributed by atoms with Gasteiger partial charge in [-0.1, -0.05) is 18.6 Å². The number of carbonyl (C=O) groups is 2. The summed E-state index contributed by atoms with van der Waals surface area (Å²) in [7, 11) is 0. The third kappa shape index (κ3) is 7.78. The first-order chi connectivity index (χ1) is 13.0. The Morgan fingerprint density at radius 1 is 1.03 bits per heavy atom. The average molecular weight is 445 g/mol. The van der Waals surface area contributed by atoms with Crippen LogP contribution in [0.1, 0.15) is 44.1 Å². The van der Waals surface area contributed by atoms with E-state index >= 15 is 0 Å². The quantitative estimate of drug-likeness (QED) is 0.601. The van der Waals surface area contributed by atoms with Crippen molar-refractivity contribution >= 4 is 42.3 Å². The normalized spacial score (nSPS) is 22.4. The van der Waals surface area contributed by atoms with Crippen molar-refractivity contribution in [3.05, 3.63) is 29.8 Å². The molecule has 1 heterocycles. The summed E-state index contributed by atoms with van der Waals surface area (Å²) in [6, 6.07) is 8.27. The van der Waals surface area contributed by atoms with Gasteiger partial charge in [0.2, 0.25) is 11.8 Å². The smallest absolute Gasteiger partial charge is 0.224 e. The van der Waals surface area contributed by atoms with Crippen LogP contribution in [0.5, 0.6) is 0 Å². The van der Waals surface area contributed by atoms with E-state index in [1.165, 1.54) is 5.56 Å². The molecule has 0 bridgehead atoms. The van der Waals surface area contributed by atoms with Gasteiger partial charge < -0.3 is 21.7 Å². The maximum absolute atomic E-state index is 12.2. The summed E-state index contributed by atoms with van der Waals surface area (Å²) in [5.41, 5.74) is 13.5. The molecule has 1 aromatic rings. The molecule has 2 aliphatic rings. The number of halogens is 2. The van der Waals surface area contributed by atoms with Gasteiger partial charge in [0.1, 0.15) is 0 Å². The van der Waals surface area contributed by atoms with E-state index in [0.717, 1.165) is 63.8 Å². The highest BCUT2D eigenvalue weighted by molar-refractivity contribution is 5.90. The highest BCUT2D eigenvalue weighted by Crippen LogP contribution is 2.27. The molecule has 0 aromatic heterocycles. The van der Waals surface area contributed by atoms with Crippen LogP contribution in [0.3, 0.4) is 0 Å². The van der Waals surface area contributed by atoms with Crippen molar-refractivity contribution < 1.29 is 9.59 Å². The molecule has 8 heteroatoms. The molecule has 5 N–H and O–H groups in total. The number of benzene rings is 1. The molecular weight excluding hydrogens is 411 g/mol. The number of hydrogen-bond donors (Lipinski definition) is 3. The zero-order valence-corrected chi connectivity index (χ0v) is 18.5.